The molecule has 0 aromatic heterocycles. The number of nitrogens with one attached hydrogen (secondary N) is 2. The summed E-state index contributed by atoms with van der Waals surface area (Å²) in [6.45, 7) is 7.81. The van der Waals surface area contributed by atoms with Gasteiger partial charge in [-0.15, -0.1) is 0 Å². The molecule has 0 aliphatic rings. The molecule has 3 rings (SSSR count). The van der Waals surface area contributed by atoms with Gasteiger partial charge < -0.3 is 15.4 Å². The van der Waals surface area contributed by atoms with E-state index in [1.54, 1.807) is 36.4 Å². The van der Waals surface area contributed by atoms with Crippen LogP contribution in [0.3, 0.4) is 0 Å². The number of carbonyl (C=O) groups is 2. The minimum atomic E-state index is -0.358. The Bertz CT molecular complexity index is 1130. The SMILES string of the molecule is Cc1ccc(NC(=O)c2ccccc2NC(=O)c2cc(Br)ccc2OC(C)C)cc1C. The molecule has 0 saturated carbocycles. The van der Waals surface area contributed by atoms with E-state index in [9.17, 15) is 9.59 Å². The molecule has 6 heteroatoms. The molecule has 2 amide bonds. The van der Waals surface area contributed by atoms with E-state index in [1.165, 1.54) is 0 Å². The molecule has 31 heavy (non-hydrogen) atoms. The first-order valence-corrected chi connectivity index (χ1v) is 10.8. The van der Waals surface area contributed by atoms with Crippen molar-refractivity contribution in [1.82, 2.24) is 0 Å². The molecule has 0 heterocycles. The van der Waals surface area contributed by atoms with Gasteiger partial charge in [-0.05, 0) is 81.3 Å². The summed E-state index contributed by atoms with van der Waals surface area (Å²) in [5.74, 6) is -0.178. The Balaban J connectivity index is 1.85. The van der Waals surface area contributed by atoms with Gasteiger partial charge in [-0.2, -0.15) is 0 Å². The van der Waals surface area contributed by atoms with Crippen LogP contribution in [0.25, 0.3) is 0 Å². The number of anilines is 2. The van der Waals surface area contributed by atoms with Crippen LogP contribution in [0, 0.1) is 13.8 Å². The summed E-state index contributed by atoms with van der Waals surface area (Å²) in [4.78, 5) is 26.0. The molecule has 0 bridgehead atoms. The minimum absolute atomic E-state index is 0.0799. The molecule has 0 unspecified atom stereocenters. The highest BCUT2D eigenvalue weighted by Gasteiger charge is 2.18. The largest absolute Gasteiger partial charge is 0.490 e. The molecule has 5 nitrogen and oxygen atoms in total. The van der Waals surface area contributed by atoms with Crippen LogP contribution in [-0.4, -0.2) is 17.9 Å². The number of rotatable bonds is 6. The number of ether oxygens (including phenoxy) is 1. The van der Waals surface area contributed by atoms with Gasteiger partial charge in [-0.25, -0.2) is 0 Å². The quantitative estimate of drug-likeness (QED) is 0.431. The molecule has 2 N–H and O–H groups in total. The first-order valence-electron chi connectivity index (χ1n) is 10.00. The van der Waals surface area contributed by atoms with Crippen molar-refractivity contribution in [2.24, 2.45) is 0 Å². The number of hydrogen-bond donors (Lipinski definition) is 2. The molecule has 0 radical (unpaired) electrons. The molecule has 160 valence electrons. The summed E-state index contributed by atoms with van der Waals surface area (Å²) in [6, 6.07) is 17.9. The van der Waals surface area contributed by atoms with Crippen LogP contribution in [0.1, 0.15) is 45.7 Å². The third kappa shape index (κ3) is 5.73. The average Bonchev–Trinajstić information content (AvgIpc) is 2.72. The lowest BCUT2D eigenvalue weighted by Gasteiger charge is -2.16. The molecule has 0 atom stereocenters. The Morgan fingerprint density at radius 2 is 1.55 bits per heavy atom. The van der Waals surface area contributed by atoms with Crippen molar-refractivity contribution in [3.63, 3.8) is 0 Å². The maximum atomic E-state index is 13.0. The number of halogens is 1. The maximum Gasteiger partial charge on any atom is 0.259 e. The lowest BCUT2D eigenvalue weighted by molar-refractivity contribution is 0.102. The zero-order valence-corrected chi connectivity index (χ0v) is 19.5. The zero-order valence-electron chi connectivity index (χ0n) is 18.0. The van der Waals surface area contributed by atoms with Gasteiger partial charge in [-0.1, -0.05) is 34.1 Å². The van der Waals surface area contributed by atoms with Crippen LogP contribution in [0.2, 0.25) is 0 Å². The van der Waals surface area contributed by atoms with E-state index < -0.39 is 0 Å². The van der Waals surface area contributed by atoms with Crippen LogP contribution in [0.15, 0.2) is 65.1 Å². The smallest absolute Gasteiger partial charge is 0.259 e. The first kappa shape index (κ1) is 22.6. The van der Waals surface area contributed by atoms with E-state index in [0.717, 1.165) is 15.6 Å². The normalized spacial score (nSPS) is 10.6. The van der Waals surface area contributed by atoms with Gasteiger partial charge in [0, 0.05) is 10.2 Å². The molecule has 3 aromatic carbocycles. The molecular weight excluding hydrogens is 456 g/mol. The predicted octanol–water partition coefficient (Wildman–Crippen LogP) is 6.36. The highest BCUT2D eigenvalue weighted by molar-refractivity contribution is 9.10. The minimum Gasteiger partial charge on any atom is -0.490 e. The topological polar surface area (TPSA) is 67.4 Å². The van der Waals surface area contributed by atoms with Crippen LogP contribution < -0.4 is 15.4 Å². The molecule has 0 saturated heterocycles. The number of para-hydroxylation sites is 1. The summed E-state index contributed by atoms with van der Waals surface area (Å²) in [6.07, 6.45) is -0.0799. The van der Waals surface area contributed by atoms with Gasteiger partial charge in [-0.3, -0.25) is 9.59 Å². The van der Waals surface area contributed by atoms with Gasteiger partial charge in [0.05, 0.1) is 22.9 Å². The van der Waals surface area contributed by atoms with Crippen molar-refractivity contribution in [2.45, 2.75) is 33.8 Å². The van der Waals surface area contributed by atoms with E-state index in [1.807, 2.05) is 52.0 Å². The molecular formula is C25H25BrN2O3. The highest BCUT2D eigenvalue weighted by Crippen LogP contribution is 2.26. The number of aryl methyl sites for hydroxylation is 2. The van der Waals surface area contributed by atoms with E-state index >= 15 is 0 Å². The first-order chi connectivity index (χ1) is 14.7. The number of benzene rings is 3. The third-order valence-electron chi connectivity index (χ3n) is 4.73. The van der Waals surface area contributed by atoms with Crippen molar-refractivity contribution >= 4 is 39.1 Å². The fourth-order valence-electron chi connectivity index (χ4n) is 3.03. The number of hydrogen-bond acceptors (Lipinski definition) is 3. The molecule has 0 spiro atoms. The maximum absolute atomic E-state index is 13.0. The van der Waals surface area contributed by atoms with E-state index in [4.69, 9.17) is 4.74 Å². The Morgan fingerprint density at radius 3 is 2.26 bits per heavy atom. The molecule has 0 aliphatic carbocycles. The van der Waals surface area contributed by atoms with Crippen molar-refractivity contribution < 1.29 is 14.3 Å². The van der Waals surface area contributed by atoms with Gasteiger partial charge in [0.15, 0.2) is 0 Å². The van der Waals surface area contributed by atoms with Crippen LogP contribution in [-0.2, 0) is 0 Å². The van der Waals surface area contributed by atoms with Crippen LogP contribution in [0.4, 0.5) is 11.4 Å². The van der Waals surface area contributed by atoms with Gasteiger partial charge >= 0.3 is 0 Å². The lowest BCUT2D eigenvalue weighted by Crippen LogP contribution is -2.19. The van der Waals surface area contributed by atoms with E-state index in [0.29, 0.717) is 28.3 Å². The van der Waals surface area contributed by atoms with Crippen molar-refractivity contribution in [1.29, 1.82) is 0 Å². The van der Waals surface area contributed by atoms with Crippen molar-refractivity contribution in [3.8, 4) is 5.75 Å². The fraction of sp³-hybridized carbons (Fsp3) is 0.200. The molecule has 0 aliphatic heterocycles. The predicted molar refractivity (Wildman–Crippen MR) is 128 cm³/mol. The van der Waals surface area contributed by atoms with Gasteiger partial charge in [0.1, 0.15) is 5.75 Å². The Hall–Kier alpha value is -3.12. The monoisotopic (exact) mass is 480 g/mol. The summed E-state index contributed by atoms with van der Waals surface area (Å²) in [5.41, 5.74) is 4.12. The number of carbonyl (C=O) groups excluding carboxylic acids is 2. The van der Waals surface area contributed by atoms with Crippen molar-refractivity contribution in [2.75, 3.05) is 10.6 Å². The summed E-state index contributed by atoms with van der Waals surface area (Å²) >= 11 is 3.40. The average molecular weight is 481 g/mol. The van der Waals surface area contributed by atoms with Crippen molar-refractivity contribution in [3.05, 3.63) is 87.4 Å². The molecule has 3 aromatic rings. The second kappa shape index (κ2) is 9.79. The molecule has 0 fully saturated rings. The highest BCUT2D eigenvalue weighted by atomic mass is 79.9. The summed E-state index contributed by atoms with van der Waals surface area (Å²) < 4.78 is 6.53. The third-order valence-corrected chi connectivity index (χ3v) is 5.23. The van der Waals surface area contributed by atoms with E-state index in [2.05, 4.69) is 26.6 Å². The fourth-order valence-corrected chi connectivity index (χ4v) is 3.39. The van der Waals surface area contributed by atoms with Gasteiger partial charge in [0.2, 0.25) is 0 Å². The Kier molecular flexibility index (Phi) is 7.13. The second-order valence-electron chi connectivity index (χ2n) is 7.56. The summed E-state index contributed by atoms with van der Waals surface area (Å²) in [5, 5.41) is 5.76. The standard InChI is InChI=1S/C25H25BrN2O3/c1-15(2)31-23-12-10-18(26)14-21(23)25(30)28-22-8-6-5-7-20(22)24(29)27-19-11-9-16(3)17(4)13-19/h5-15H,1-4H3,(H,27,29)(H,28,30). The van der Waals surface area contributed by atoms with E-state index in [-0.39, 0.29) is 17.9 Å². The van der Waals surface area contributed by atoms with Crippen LogP contribution >= 0.6 is 15.9 Å². The lowest BCUT2D eigenvalue weighted by atomic mass is 10.1. The summed E-state index contributed by atoms with van der Waals surface area (Å²) in [7, 11) is 0. The van der Waals surface area contributed by atoms with Crippen LogP contribution in [0.5, 0.6) is 5.75 Å². The zero-order chi connectivity index (χ0) is 22.5. The Labute approximate surface area is 191 Å². The second-order valence-corrected chi connectivity index (χ2v) is 8.48. The number of amides is 2. The Morgan fingerprint density at radius 1 is 0.839 bits per heavy atom. The van der Waals surface area contributed by atoms with Gasteiger partial charge in [0.25, 0.3) is 11.8 Å².